The first-order chi connectivity index (χ1) is 10.8. The summed E-state index contributed by atoms with van der Waals surface area (Å²) >= 11 is 5.98. The molecule has 1 aliphatic carbocycles. The Morgan fingerprint density at radius 3 is 2.43 bits per heavy atom. The molecule has 3 atom stereocenters. The van der Waals surface area contributed by atoms with Crippen molar-refractivity contribution in [2.45, 2.75) is 28.5 Å². The Hall–Kier alpha value is -1.87. The molecule has 1 saturated carbocycles. The van der Waals surface area contributed by atoms with Gasteiger partial charge in [0.05, 0.1) is 11.0 Å². The van der Waals surface area contributed by atoms with E-state index in [1.807, 2.05) is 13.0 Å². The highest BCUT2D eigenvalue weighted by molar-refractivity contribution is 7.92. The summed E-state index contributed by atoms with van der Waals surface area (Å²) in [4.78, 5) is 0.183. The van der Waals surface area contributed by atoms with Crippen molar-refractivity contribution < 1.29 is 8.42 Å². The van der Waals surface area contributed by atoms with Crippen molar-refractivity contribution in [3.8, 4) is 6.07 Å². The summed E-state index contributed by atoms with van der Waals surface area (Å²) in [7, 11) is -3.70. The van der Waals surface area contributed by atoms with Gasteiger partial charge < -0.3 is 5.73 Å². The molecule has 1 fully saturated rings. The summed E-state index contributed by atoms with van der Waals surface area (Å²) in [6.07, 6.45) is 0. The molecule has 3 rings (SSSR count). The van der Waals surface area contributed by atoms with Crippen LogP contribution in [-0.2, 0) is 9.84 Å². The molecule has 6 heteroatoms. The highest BCUT2D eigenvalue weighted by Crippen LogP contribution is 2.55. The predicted octanol–water partition coefficient (Wildman–Crippen LogP) is 2.81. The van der Waals surface area contributed by atoms with Crippen LogP contribution in [0.15, 0.2) is 53.4 Å². The van der Waals surface area contributed by atoms with E-state index in [1.165, 1.54) is 0 Å². The van der Waals surface area contributed by atoms with Crippen molar-refractivity contribution in [1.29, 1.82) is 5.26 Å². The van der Waals surface area contributed by atoms with Gasteiger partial charge in [0, 0.05) is 10.9 Å². The summed E-state index contributed by atoms with van der Waals surface area (Å²) < 4.78 is 25.8. The highest BCUT2D eigenvalue weighted by atomic mass is 35.5. The summed E-state index contributed by atoms with van der Waals surface area (Å²) in [5.41, 5.74) is 6.28. The van der Waals surface area contributed by atoms with Crippen LogP contribution in [0.5, 0.6) is 0 Å². The van der Waals surface area contributed by atoms with E-state index < -0.39 is 26.5 Å². The molecule has 2 aromatic rings. The fraction of sp³-hybridized carbons (Fsp3) is 0.235. The second kappa shape index (κ2) is 5.34. The zero-order valence-corrected chi connectivity index (χ0v) is 14.0. The molecule has 0 bridgehead atoms. The third-order valence-corrected chi connectivity index (χ3v) is 6.76. The monoisotopic (exact) mass is 346 g/mol. The first-order valence-electron chi connectivity index (χ1n) is 7.07. The van der Waals surface area contributed by atoms with Gasteiger partial charge in [-0.05, 0) is 36.8 Å². The van der Waals surface area contributed by atoms with Crippen LogP contribution >= 0.6 is 11.6 Å². The van der Waals surface area contributed by atoms with Gasteiger partial charge in [-0.25, -0.2) is 8.42 Å². The largest absolute Gasteiger partial charge is 0.312 e. The fourth-order valence-corrected chi connectivity index (χ4v) is 5.35. The molecule has 2 N–H and O–H groups in total. The van der Waals surface area contributed by atoms with E-state index in [4.69, 9.17) is 17.3 Å². The van der Waals surface area contributed by atoms with Crippen molar-refractivity contribution in [3.63, 3.8) is 0 Å². The maximum Gasteiger partial charge on any atom is 0.184 e. The lowest BCUT2D eigenvalue weighted by Gasteiger charge is -2.05. The van der Waals surface area contributed by atoms with Crippen LogP contribution in [0, 0.1) is 18.3 Å². The molecule has 0 aliphatic heterocycles. The van der Waals surface area contributed by atoms with Gasteiger partial charge in [-0.2, -0.15) is 5.26 Å². The lowest BCUT2D eigenvalue weighted by Crippen LogP contribution is -2.29. The first-order valence-corrected chi connectivity index (χ1v) is 8.99. The van der Waals surface area contributed by atoms with Crippen molar-refractivity contribution in [2.24, 2.45) is 5.73 Å². The molecule has 0 aromatic heterocycles. The van der Waals surface area contributed by atoms with Gasteiger partial charge in [-0.1, -0.05) is 41.4 Å². The lowest BCUT2D eigenvalue weighted by atomic mass is 10.1. The maximum absolute atomic E-state index is 12.9. The van der Waals surface area contributed by atoms with Gasteiger partial charge in [0.15, 0.2) is 9.84 Å². The Labute approximate surface area is 140 Å². The molecular weight excluding hydrogens is 332 g/mol. The number of halogens is 1. The Kier molecular flexibility index (Phi) is 3.72. The lowest BCUT2D eigenvalue weighted by molar-refractivity contribution is 0.592. The van der Waals surface area contributed by atoms with Crippen LogP contribution in [0.4, 0.5) is 0 Å². The third kappa shape index (κ3) is 2.53. The molecule has 2 aromatic carbocycles. The number of nitriles is 1. The van der Waals surface area contributed by atoms with Crippen molar-refractivity contribution in [1.82, 2.24) is 0 Å². The number of nitrogens with zero attached hydrogens (tertiary/aromatic N) is 1. The molecule has 118 valence electrons. The molecule has 0 saturated heterocycles. The van der Waals surface area contributed by atoms with Crippen LogP contribution in [0.2, 0.25) is 5.02 Å². The van der Waals surface area contributed by atoms with E-state index in [9.17, 15) is 13.7 Å². The number of aryl methyl sites for hydroxylation is 1. The maximum atomic E-state index is 12.9. The van der Waals surface area contributed by atoms with Gasteiger partial charge in [0.2, 0.25) is 0 Å². The number of sulfone groups is 1. The van der Waals surface area contributed by atoms with E-state index in [-0.39, 0.29) is 4.90 Å². The average molecular weight is 347 g/mol. The van der Waals surface area contributed by atoms with E-state index in [1.54, 1.807) is 48.5 Å². The van der Waals surface area contributed by atoms with E-state index in [0.29, 0.717) is 10.6 Å². The van der Waals surface area contributed by atoms with Crippen LogP contribution < -0.4 is 5.73 Å². The first kappa shape index (κ1) is 16.0. The quantitative estimate of drug-likeness (QED) is 0.926. The topological polar surface area (TPSA) is 83.9 Å². The summed E-state index contributed by atoms with van der Waals surface area (Å²) in [5.74, 6) is -0.586. The molecule has 0 spiro atoms. The molecule has 4 nitrogen and oxygen atoms in total. The normalized spacial score (nSPS) is 26.5. The second-order valence-corrected chi connectivity index (χ2v) is 8.36. The number of nitrogens with two attached hydrogens (primary N) is 1. The Morgan fingerprint density at radius 1 is 1.22 bits per heavy atom. The zero-order valence-electron chi connectivity index (χ0n) is 12.4. The number of hydrogen-bond acceptors (Lipinski definition) is 4. The SMILES string of the molecule is Cc1ccc(S(=O)(=O)[C@@H]2[C@H](c3cccc(Cl)c3)[C@]2(N)C#N)cc1. The molecule has 0 radical (unpaired) electrons. The molecule has 1 aliphatic rings. The molecular formula is C17H15ClN2O2S. The van der Waals surface area contributed by atoms with Crippen LogP contribution in [-0.4, -0.2) is 19.2 Å². The van der Waals surface area contributed by atoms with Crippen molar-refractivity contribution in [3.05, 3.63) is 64.7 Å². The standard InChI is InChI=1S/C17H15ClN2O2S/c1-11-5-7-14(8-6-11)23(21,22)16-15(17(16,20)10-19)12-3-2-4-13(18)9-12/h2-9,15-16H,20H2,1H3/t15-,16+,17+/m0/s1. The fourth-order valence-electron chi connectivity index (χ4n) is 2.97. The van der Waals surface area contributed by atoms with Crippen LogP contribution in [0.3, 0.4) is 0 Å². The van der Waals surface area contributed by atoms with E-state index >= 15 is 0 Å². The minimum absolute atomic E-state index is 0.183. The van der Waals surface area contributed by atoms with Gasteiger partial charge in [-0.3, -0.25) is 0 Å². The van der Waals surface area contributed by atoms with Gasteiger partial charge in [0.1, 0.15) is 10.8 Å². The predicted molar refractivity (Wildman–Crippen MR) is 88.9 cm³/mol. The number of benzene rings is 2. The van der Waals surface area contributed by atoms with Crippen LogP contribution in [0.25, 0.3) is 0 Å². The third-order valence-electron chi connectivity index (χ3n) is 4.26. The smallest absolute Gasteiger partial charge is 0.184 e. The van der Waals surface area contributed by atoms with Gasteiger partial charge in [-0.15, -0.1) is 0 Å². The summed E-state index contributed by atoms with van der Waals surface area (Å²) in [5, 5.41) is 8.93. The van der Waals surface area contributed by atoms with Crippen molar-refractivity contribution >= 4 is 21.4 Å². The van der Waals surface area contributed by atoms with Crippen molar-refractivity contribution in [2.75, 3.05) is 0 Å². The summed E-state index contributed by atoms with van der Waals surface area (Å²) in [6, 6.07) is 15.4. The average Bonchev–Trinajstić information content (AvgIpc) is 3.15. The Balaban J connectivity index is 2.05. The second-order valence-electron chi connectivity index (χ2n) is 5.86. The van der Waals surface area contributed by atoms with Gasteiger partial charge >= 0.3 is 0 Å². The number of rotatable bonds is 3. The minimum Gasteiger partial charge on any atom is -0.312 e. The van der Waals surface area contributed by atoms with E-state index in [0.717, 1.165) is 5.56 Å². The Bertz CT molecular complexity index is 903. The molecule has 0 unspecified atom stereocenters. The molecule has 0 heterocycles. The highest BCUT2D eigenvalue weighted by Gasteiger charge is 2.70. The van der Waals surface area contributed by atoms with Crippen LogP contribution in [0.1, 0.15) is 17.0 Å². The molecule has 23 heavy (non-hydrogen) atoms. The van der Waals surface area contributed by atoms with Gasteiger partial charge in [0.25, 0.3) is 0 Å². The van der Waals surface area contributed by atoms with E-state index in [2.05, 4.69) is 0 Å². The summed E-state index contributed by atoms with van der Waals surface area (Å²) in [6.45, 7) is 1.88. The molecule has 0 amide bonds. The zero-order chi connectivity index (χ0) is 16.8. The minimum atomic E-state index is -3.70. The number of hydrogen-bond donors (Lipinski definition) is 1. The Morgan fingerprint density at radius 2 is 1.87 bits per heavy atom.